The zero-order valence-corrected chi connectivity index (χ0v) is 11.5. The number of benzene rings is 3. The van der Waals surface area contributed by atoms with Crippen molar-refractivity contribution in [3.63, 3.8) is 0 Å². The van der Waals surface area contributed by atoms with Crippen molar-refractivity contribution in [3.05, 3.63) is 71.8 Å². The number of hydrogen-bond donors (Lipinski definition) is 2. The fraction of sp³-hybridized carbons (Fsp3) is 0. The van der Waals surface area contributed by atoms with Gasteiger partial charge in [0.2, 0.25) is 0 Å². The van der Waals surface area contributed by atoms with E-state index in [-0.39, 0.29) is 11.1 Å². The van der Waals surface area contributed by atoms with Crippen LogP contribution in [0.1, 0.15) is 20.7 Å². The van der Waals surface area contributed by atoms with Crippen LogP contribution in [-0.2, 0) is 0 Å². The number of aromatic carboxylic acids is 2. The highest BCUT2D eigenvalue weighted by Crippen LogP contribution is 2.34. The molecule has 4 nitrogen and oxygen atoms in total. The Morgan fingerprint density at radius 2 is 1.41 bits per heavy atom. The quantitative estimate of drug-likeness (QED) is 0.767. The van der Waals surface area contributed by atoms with Crippen molar-refractivity contribution >= 4 is 22.7 Å². The summed E-state index contributed by atoms with van der Waals surface area (Å²) < 4.78 is 0. The Labute approximate surface area is 126 Å². The fourth-order valence-corrected chi connectivity index (χ4v) is 2.64. The average molecular weight is 292 g/mol. The van der Waals surface area contributed by atoms with E-state index in [1.54, 1.807) is 48.5 Å². The maximum Gasteiger partial charge on any atom is 0.337 e. The van der Waals surface area contributed by atoms with Gasteiger partial charge in [-0.15, -0.1) is 0 Å². The van der Waals surface area contributed by atoms with E-state index in [1.807, 2.05) is 6.07 Å². The molecule has 0 aliphatic rings. The molecule has 0 saturated carbocycles. The topological polar surface area (TPSA) is 74.6 Å². The molecule has 4 heteroatoms. The molecule has 3 rings (SSSR count). The summed E-state index contributed by atoms with van der Waals surface area (Å²) in [6, 6.07) is 17.6. The molecular weight excluding hydrogens is 280 g/mol. The second-order valence-corrected chi connectivity index (χ2v) is 4.87. The van der Waals surface area contributed by atoms with E-state index >= 15 is 0 Å². The first-order valence-corrected chi connectivity index (χ1v) is 6.67. The number of carbonyl (C=O) groups is 2. The van der Waals surface area contributed by atoms with Crippen molar-refractivity contribution < 1.29 is 19.8 Å². The van der Waals surface area contributed by atoms with Gasteiger partial charge in [0.1, 0.15) is 0 Å². The first-order chi connectivity index (χ1) is 10.6. The largest absolute Gasteiger partial charge is 0.478 e. The smallest absolute Gasteiger partial charge is 0.337 e. The molecule has 0 heterocycles. The van der Waals surface area contributed by atoms with Crippen LogP contribution in [0.25, 0.3) is 21.9 Å². The minimum absolute atomic E-state index is 0.183. The molecule has 0 aliphatic heterocycles. The molecule has 0 atom stereocenters. The van der Waals surface area contributed by atoms with Crippen LogP contribution in [-0.4, -0.2) is 22.2 Å². The summed E-state index contributed by atoms with van der Waals surface area (Å²) in [6.45, 7) is 0. The summed E-state index contributed by atoms with van der Waals surface area (Å²) in [6.07, 6.45) is 0. The number of rotatable bonds is 3. The van der Waals surface area contributed by atoms with Gasteiger partial charge in [-0.1, -0.05) is 54.6 Å². The van der Waals surface area contributed by atoms with Gasteiger partial charge in [0.25, 0.3) is 0 Å². The molecule has 0 radical (unpaired) electrons. The molecule has 0 spiro atoms. The molecule has 0 aliphatic carbocycles. The van der Waals surface area contributed by atoms with E-state index in [0.29, 0.717) is 16.5 Å². The van der Waals surface area contributed by atoms with Crippen LogP contribution in [0.3, 0.4) is 0 Å². The number of hydrogen-bond acceptors (Lipinski definition) is 2. The van der Waals surface area contributed by atoms with Crippen LogP contribution in [0, 0.1) is 0 Å². The SMILES string of the molecule is O=C(O)c1cc2ccccc2c(-c2ccccc2)c1C(=O)O. The third-order valence-electron chi connectivity index (χ3n) is 3.56. The van der Waals surface area contributed by atoms with Gasteiger partial charge >= 0.3 is 11.9 Å². The van der Waals surface area contributed by atoms with Crippen molar-refractivity contribution in [1.82, 2.24) is 0 Å². The van der Waals surface area contributed by atoms with Gasteiger partial charge in [-0.3, -0.25) is 0 Å². The van der Waals surface area contributed by atoms with E-state index in [1.165, 1.54) is 6.07 Å². The average Bonchev–Trinajstić information content (AvgIpc) is 2.53. The van der Waals surface area contributed by atoms with Crippen LogP contribution in [0.2, 0.25) is 0 Å². The number of carboxylic acid groups (broad SMARTS) is 2. The molecule has 0 bridgehead atoms. The summed E-state index contributed by atoms with van der Waals surface area (Å²) in [5.74, 6) is -2.50. The van der Waals surface area contributed by atoms with Gasteiger partial charge < -0.3 is 10.2 Å². The highest BCUT2D eigenvalue weighted by Gasteiger charge is 2.23. The number of fused-ring (bicyclic) bond motifs is 1. The van der Waals surface area contributed by atoms with E-state index in [2.05, 4.69) is 0 Å². The minimum Gasteiger partial charge on any atom is -0.478 e. The highest BCUT2D eigenvalue weighted by molar-refractivity contribution is 6.14. The third-order valence-corrected chi connectivity index (χ3v) is 3.56. The maximum absolute atomic E-state index is 11.7. The highest BCUT2D eigenvalue weighted by atomic mass is 16.4. The predicted molar refractivity (Wildman–Crippen MR) is 83.3 cm³/mol. The van der Waals surface area contributed by atoms with Gasteiger partial charge in [-0.25, -0.2) is 9.59 Å². The normalized spacial score (nSPS) is 10.5. The van der Waals surface area contributed by atoms with E-state index in [4.69, 9.17) is 0 Å². The van der Waals surface area contributed by atoms with E-state index in [9.17, 15) is 19.8 Å². The van der Waals surface area contributed by atoms with Gasteiger partial charge in [0, 0.05) is 5.56 Å². The Hall–Kier alpha value is -3.14. The second-order valence-electron chi connectivity index (χ2n) is 4.87. The lowest BCUT2D eigenvalue weighted by atomic mass is 9.89. The van der Waals surface area contributed by atoms with Crippen LogP contribution in [0.15, 0.2) is 60.7 Å². The second kappa shape index (κ2) is 5.33. The molecule has 0 fully saturated rings. The van der Waals surface area contributed by atoms with Gasteiger partial charge in [0.05, 0.1) is 11.1 Å². The predicted octanol–water partition coefficient (Wildman–Crippen LogP) is 3.90. The first kappa shape index (κ1) is 13.8. The van der Waals surface area contributed by atoms with E-state index in [0.717, 1.165) is 5.39 Å². The van der Waals surface area contributed by atoms with Gasteiger partial charge in [-0.05, 0) is 22.4 Å². The van der Waals surface area contributed by atoms with Crippen LogP contribution < -0.4 is 0 Å². The molecule has 0 saturated heterocycles. The summed E-state index contributed by atoms with van der Waals surface area (Å²) in [5.41, 5.74) is 0.727. The number of carboxylic acids is 2. The van der Waals surface area contributed by atoms with Crippen molar-refractivity contribution in [2.45, 2.75) is 0 Å². The van der Waals surface area contributed by atoms with Crippen molar-refractivity contribution in [3.8, 4) is 11.1 Å². The van der Waals surface area contributed by atoms with Crippen LogP contribution >= 0.6 is 0 Å². The lowest BCUT2D eigenvalue weighted by Crippen LogP contribution is -2.10. The molecule has 3 aromatic rings. The molecule has 108 valence electrons. The monoisotopic (exact) mass is 292 g/mol. The molecule has 2 N–H and O–H groups in total. The summed E-state index contributed by atoms with van der Waals surface area (Å²) in [5, 5.41) is 20.4. The minimum atomic E-state index is -1.25. The van der Waals surface area contributed by atoms with Crippen molar-refractivity contribution in [1.29, 1.82) is 0 Å². The van der Waals surface area contributed by atoms with Crippen molar-refractivity contribution in [2.75, 3.05) is 0 Å². The molecule has 0 aromatic heterocycles. The Morgan fingerprint density at radius 1 is 0.773 bits per heavy atom. The Bertz CT molecular complexity index is 882. The third kappa shape index (κ3) is 2.20. The van der Waals surface area contributed by atoms with Crippen molar-refractivity contribution in [2.24, 2.45) is 0 Å². The summed E-state index contributed by atoms with van der Waals surface area (Å²) in [4.78, 5) is 23.2. The molecule has 22 heavy (non-hydrogen) atoms. The lowest BCUT2D eigenvalue weighted by Gasteiger charge is -2.13. The molecule has 0 amide bonds. The van der Waals surface area contributed by atoms with Crippen LogP contribution in [0.5, 0.6) is 0 Å². The van der Waals surface area contributed by atoms with Crippen LogP contribution in [0.4, 0.5) is 0 Å². The maximum atomic E-state index is 11.7. The Kier molecular flexibility index (Phi) is 3.35. The standard InChI is InChI=1S/C18H12O4/c19-17(20)14-10-12-8-4-5-9-13(12)15(16(14)18(21)22)11-6-2-1-3-7-11/h1-10H,(H,19,20)(H,21,22). The van der Waals surface area contributed by atoms with Gasteiger partial charge in [-0.2, -0.15) is 0 Å². The van der Waals surface area contributed by atoms with E-state index < -0.39 is 11.9 Å². The zero-order valence-electron chi connectivity index (χ0n) is 11.5. The Balaban J connectivity index is 2.53. The molecular formula is C18H12O4. The molecule has 0 unspecified atom stereocenters. The lowest BCUT2D eigenvalue weighted by molar-refractivity contribution is 0.0652. The van der Waals surface area contributed by atoms with Gasteiger partial charge in [0.15, 0.2) is 0 Å². The molecule has 3 aromatic carbocycles. The fourth-order valence-electron chi connectivity index (χ4n) is 2.64. The Morgan fingerprint density at radius 3 is 2.05 bits per heavy atom. The first-order valence-electron chi connectivity index (χ1n) is 6.67. The summed E-state index contributed by atoms with van der Waals surface area (Å²) in [7, 11) is 0. The zero-order chi connectivity index (χ0) is 15.7. The summed E-state index contributed by atoms with van der Waals surface area (Å²) >= 11 is 0.